The Morgan fingerprint density at radius 2 is 2.29 bits per heavy atom. The molecule has 1 aromatic heterocycles. The normalized spacial score (nSPS) is 13.3. The summed E-state index contributed by atoms with van der Waals surface area (Å²) in [4.78, 5) is 16.3. The average molecular weight is 281 g/mol. The van der Waals surface area contributed by atoms with E-state index in [0.29, 0.717) is 13.1 Å². The maximum atomic E-state index is 12.2. The minimum absolute atomic E-state index is 0.132. The number of carbonyl (C=O) groups excluding carboxylic acids is 1. The molecule has 0 radical (unpaired) electrons. The number of nitrogens with zero attached hydrogens (tertiary/aromatic N) is 1. The van der Waals surface area contributed by atoms with E-state index < -0.39 is 0 Å². The van der Waals surface area contributed by atoms with Crippen molar-refractivity contribution >= 4 is 11.5 Å². The van der Waals surface area contributed by atoms with Crippen molar-refractivity contribution in [3.05, 3.63) is 59.4 Å². The van der Waals surface area contributed by atoms with Gasteiger partial charge in [0.25, 0.3) is 0 Å². The van der Waals surface area contributed by atoms with E-state index in [4.69, 9.17) is 0 Å². The number of anilines is 1. The molecule has 0 fully saturated rings. The van der Waals surface area contributed by atoms with Crippen LogP contribution in [0.2, 0.25) is 0 Å². The van der Waals surface area contributed by atoms with Crippen LogP contribution in [0.3, 0.4) is 0 Å². The fourth-order valence-electron chi connectivity index (χ4n) is 2.57. The number of Topliss-reactive ketones (excluding diaryl/α,β-unsaturated/α-hetero) is 1. The van der Waals surface area contributed by atoms with E-state index in [1.807, 2.05) is 36.5 Å². The second-order valence-electron chi connectivity index (χ2n) is 5.29. The van der Waals surface area contributed by atoms with Crippen molar-refractivity contribution in [3.63, 3.8) is 0 Å². The summed E-state index contributed by atoms with van der Waals surface area (Å²) >= 11 is 0. The molecule has 0 aliphatic carbocycles. The lowest BCUT2D eigenvalue weighted by atomic mass is 9.99. The largest absolute Gasteiger partial charge is 0.385 e. The highest BCUT2D eigenvalue weighted by Crippen LogP contribution is 2.22. The summed E-state index contributed by atoms with van der Waals surface area (Å²) in [5, 5.41) is 6.53. The van der Waals surface area contributed by atoms with Gasteiger partial charge in [-0.15, -0.1) is 0 Å². The number of ketones is 1. The van der Waals surface area contributed by atoms with Crippen LogP contribution < -0.4 is 10.6 Å². The van der Waals surface area contributed by atoms with Crippen LogP contribution >= 0.6 is 0 Å². The molecule has 21 heavy (non-hydrogen) atoms. The van der Waals surface area contributed by atoms with Gasteiger partial charge >= 0.3 is 0 Å². The molecule has 0 saturated heterocycles. The number of pyridine rings is 1. The first-order valence-electron chi connectivity index (χ1n) is 7.32. The van der Waals surface area contributed by atoms with E-state index in [1.165, 1.54) is 11.3 Å². The van der Waals surface area contributed by atoms with Crippen LogP contribution in [0.15, 0.2) is 42.7 Å². The minimum atomic E-state index is 0.132. The monoisotopic (exact) mass is 281 g/mol. The first kappa shape index (κ1) is 13.8. The number of nitrogens with one attached hydrogen (secondary N) is 2. The van der Waals surface area contributed by atoms with Gasteiger partial charge < -0.3 is 10.6 Å². The number of hydrogen-bond acceptors (Lipinski definition) is 4. The first-order valence-corrected chi connectivity index (χ1v) is 7.32. The molecule has 0 bridgehead atoms. The molecule has 2 N–H and O–H groups in total. The standard InChI is InChI=1S/C17H19N3O/c21-17(12-19-11-13-3-1-7-18-10-13)15-5-6-16-14(9-15)4-2-8-20-16/h1,3,5-7,9-10,19-20H,2,4,8,11-12H2. The zero-order valence-corrected chi connectivity index (χ0v) is 11.9. The Morgan fingerprint density at radius 3 is 3.14 bits per heavy atom. The first-order chi connectivity index (χ1) is 10.3. The summed E-state index contributed by atoms with van der Waals surface area (Å²) in [7, 11) is 0. The molecule has 1 aliphatic rings. The van der Waals surface area contributed by atoms with Crippen molar-refractivity contribution in [3.8, 4) is 0 Å². The lowest BCUT2D eigenvalue weighted by Crippen LogP contribution is -2.23. The van der Waals surface area contributed by atoms with Crippen LogP contribution in [-0.2, 0) is 13.0 Å². The smallest absolute Gasteiger partial charge is 0.176 e. The summed E-state index contributed by atoms with van der Waals surface area (Å²) < 4.78 is 0. The highest BCUT2D eigenvalue weighted by Gasteiger charge is 2.12. The molecule has 4 nitrogen and oxygen atoms in total. The van der Waals surface area contributed by atoms with E-state index in [9.17, 15) is 4.79 Å². The van der Waals surface area contributed by atoms with Crippen LogP contribution in [0.4, 0.5) is 5.69 Å². The van der Waals surface area contributed by atoms with E-state index in [1.54, 1.807) is 6.20 Å². The van der Waals surface area contributed by atoms with Gasteiger partial charge in [-0.3, -0.25) is 9.78 Å². The van der Waals surface area contributed by atoms with E-state index in [2.05, 4.69) is 15.6 Å². The Morgan fingerprint density at radius 1 is 1.33 bits per heavy atom. The van der Waals surface area contributed by atoms with Crippen molar-refractivity contribution in [2.24, 2.45) is 0 Å². The molecule has 0 saturated carbocycles. The highest BCUT2D eigenvalue weighted by atomic mass is 16.1. The summed E-state index contributed by atoms with van der Waals surface area (Å²) in [5.74, 6) is 0.132. The third-order valence-electron chi connectivity index (χ3n) is 3.70. The average Bonchev–Trinajstić information content (AvgIpc) is 2.55. The van der Waals surface area contributed by atoms with Crippen molar-refractivity contribution in [2.75, 3.05) is 18.4 Å². The minimum Gasteiger partial charge on any atom is -0.385 e. The zero-order valence-electron chi connectivity index (χ0n) is 11.9. The van der Waals surface area contributed by atoms with Crippen molar-refractivity contribution in [2.45, 2.75) is 19.4 Å². The number of aryl methyl sites for hydroxylation is 1. The molecule has 0 unspecified atom stereocenters. The molecular formula is C17H19N3O. The third kappa shape index (κ3) is 3.47. The van der Waals surface area contributed by atoms with Gasteiger partial charge in [0, 0.05) is 36.7 Å². The predicted molar refractivity (Wildman–Crippen MR) is 83.5 cm³/mol. The lowest BCUT2D eigenvalue weighted by molar-refractivity contribution is 0.0990. The Hall–Kier alpha value is -2.20. The Labute approximate surface area is 124 Å². The van der Waals surface area contributed by atoms with Gasteiger partial charge in [-0.25, -0.2) is 0 Å². The topological polar surface area (TPSA) is 54.0 Å². The SMILES string of the molecule is O=C(CNCc1cccnc1)c1ccc2c(c1)CCCN2. The highest BCUT2D eigenvalue weighted by molar-refractivity contribution is 5.98. The van der Waals surface area contributed by atoms with Crippen LogP contribution in [0, 0.1) is 0 Å². The fraction of sp³-hybridized carbons (Fsp3) is 0.294. The lowest BCUT2D eigenvalue weighted by Gasteiger charge is -2.18. The Kier molecular flexibility index (Phi) is 4.26. The Balaban J connectivity index is 1.58. The number of carbonyl (C=O) groups is 1. The second kappa shape index (κ2) is 6.50. The summed E-state index contributed by atoms with van der Waals surface area (Å²) in [6.07, 6.45) is 5.73. The number of aromatic nitrogens is 1. The van der Waals surface area contributed by atoms with Crippen molar-refractivity contribution in [1.82, 2.24) is 10.3 Å². The van der Waals surface area contributed by atoms with Gasteiger partial charge in [-0.2, -0.15) is 0 Å². The van der Waals surface area contributed by atoms with E-state index in [0.717, 1.165) is 30.5 Å². The quantitative estimate of drug-likeness (QED) is 0.826. The number of benzene rings is 1. The van der Waals surface area contributed by atoms with Crippen molar-refractivity contribution < 1.29 is 4.79 Å². The zero-order chi connectivity index (χ0) is 14.5. The predicted octanol–water partition coefficient (Wildman–Crippen LogP) is 2.41. The molecule has 108 valence electrons. The molecule has 4 heteroatoms. The maximum Gasteiger partial charge on any atom is 0.176 e. The van der Waals surface area contributed by atoms with Gasteiger partial charge in [0.1, 0.15) is 0 Å². The van der Waals surface area contributed by atoms with Gasteiger partial charge in [0.15, 0.2) is 5.78 Å². The molecule has 0 spiro atoms. The maximum absolute atomic E-state index is 12.2. The van der Waals surface area contributed by atoms with Crippen LogP contribution in [0.25, 0.3) is 0 Å². The van der Waals surface area contributed by atoms with Crippen molar-refractivity contribution in [1.29, 1.82) is 0 Å². The molecule has 2 heterocycles. The van der Waals surface area contributed by atoms with E-state index in [-0.39, 0.29) is 5.78 Å². The molecule has 0 atom stereocenters. The Bertz CT molecular complexity index is 625. The molecule has 3 rings (SSSR count). The second-order valence-corrected chi connectivity index (χ2v) is 5.29. The van der Waals surface area contributed by atoms with Crippen LogP contribution in [-0.4, -0.2) is 23.9 Å². The molecule has 0 amide bonds. The molecule has 1 aliphatic heterocycles. The summed E-state index contributed by atoms with van der Waals surface area (Å²) in [6.45, 7) is 2.03. The molecule has 1 aromatic carbocycles. The van der Waals surface area contributed by atoms with Gasteiger partial charge in [0.05, 0.1) is 6.54 Å². The third-order valence-corrected chi connectivity index (χ3v) is 3.70. The van der Waals surface area contributed by atoms with Gasteiger partial charge in [-0.1, -0.05) is 6.07 Å². The number of rotatable bonds is 5. The number of hydrogen-bond donors (Lipinski definition) is 2. The van der Waals surface area contributed by atoms with Crippen LogP contribution in [0.5, 0.6) is 0 Å². The summed E-state index contributed by atoms with van der Waals surface area (Å²) in [6, 6.07) is 9.84. The molecule has 2 aromatic rings. The summed E-state index contributed by atoms with van der Waals surface area (Å²) in [5.41, 5.74) is 4.29. The fourth-order valence-corrected chi connectivity index (χ4v) is 2.57. The molecular weight excluding hydrogens is 262 g/mol. The number of fused-ring (bicyclic) bond motifs is 1. The van der Waals surface area contributed by atoms with Crippen LogP contribution in [0.1, 0.15) is 27.9 Å². The van der Waals surface area contributed by atoms with Gasteiger partial charge in [-0.05, 0) is 48.2 Å². The van der Waals surface area contributed by atoms with E-state index >= 15 is 0 Å². The van der Waals surface area contributed by atoms with Gasteiger partial charge in [0.2, 0.25) is 0 Å².